The fourth-order valence-electron chi connectivity index (χ4n) is 2.57. The van der Waals surface area contributed by atoms with Crippen LogP contribution in [0.1, 0.15) is 31.1 Å². The van der Waals surface area contributed by atoms with E-state index in [-0.39, 0.29) is 6.10 Å². The predicted octanol–water partition coefficient (Wildman–Crippen LogP) is 1.97. The molecule has 1 heterocycles. The second-order valence-electron chi connectivity index (χ2n) is 5.19. The van der Waals surface area contributed by atoms with Gasteiger partial charge in [0, 0.05) is 25.7 Å². The molecule has 1 aromatic rings. The van der Waals surface area contributed by atoms with Crippen molar-refractivity contribution in [3.05, 3.63) is 35.4 Å². The molecule has 0 spiro atoms. The molecule has 1 unspecified atom stereocenters. The van der Waals surface area contributed by atoms with E-state index in [0.29, 0.717) is 12.6 Å². The first kappa shape index (κ1) is 13.5. The van der Waals surface area contributed by atoms with Gasteiger partial charge in [-0.25, -0.2) is 0 Å². The van der Waals surface area contributed by atoms with Gasteiger partial charge in [0.2, 0.25) is 0 Å². The van der Waals surface area contributed by atoms with E-state index in [4.69, 9.17) is 10.5 Å². The van der Waals surface area contributed by atoms with Crippen molar-refractivity contribution in [3.63, 3.8) is 0 Å². The molecule has 1 aromatic carbocycles. The Bertz CT molecular complexity index is 379. The topological polar surface area (TPSA) is 38.5 Å². The molecule has 0 saturated heterocycles. The number of nitrogens with zero attached hydrogens (tertiary/aromatic N) is 1. The van der Waals surface area contributed by atoms with E-state index >= 15 is 0 Å². The van der Waals surface area contributed by atoms with Crippen LogP contribution in [0.15, 0.2) is 24.3 Å². The fourth-order valence-corrected chi connectivity index (χ4v) is 2.57. The quantitative estimate of drug-likeness (QED) is 0.866. The lowest BCUT2D eigenvalue weighted by molar-refractivity contribution is 0.00993. The van der Waals surface area contributed by atoms with Crippen LogP contribution >= 0.6 is 0 Å². The average Bonchev–Trinajstić information content (AvgIpc) is 2.38. The van der Waals surface area contributed by atoms with Gasteiger partial charge in [0.05, 0.1) is 12.7 Å². The van der Waals surface area contributed by atoms with Gasteiger partial charge >= 0.3 is 0 Å². The normalized spacial score (nSPS) is 19.3. The molecule has 0 aromatic heterocycles. The Morgan fingerprint density at radius 1 is 1.39 bits per heavy atom. The monoisotopic (exact) mass is 248 g/mol. The van der Waals surface area contributed by atoms with Gasteiger partial charge < -0.3 is 10.5 Å². The zero-order valence-electron chi connectivity index (χ0n) is 11.4. The Morgan fingerprint density at radius 3 is 2.89 bits per heavy atom. The third-order valence-electron chi connectivity index (χ3n) is 3.64. The van der Waals surface area contributed by atoms with Crippen molar-refractivity contribution in [1.29, 1.82) is 0 Å². The second-order valence-corrected chi connectivity index (χ2v) is 5.19. The number of hydrogen-bond donors (Lipinski definition) is 1. The standard InChI is InChI=1S/C15H24N2O/c1-12(2)17(9-8-16)11-15-14-6-4-3-5-13(14)7-10-18-15/h3-6,12,15H,7-11,16H2,1-2H3. The van der Waals surface area contributed by atoms with Crippen molar-refractivity contribution in [1.82, 2.24) is 4.90 Å². The van der Waals surface area contributed by atoms with Gasteiger partial charge in [0.1, 0.15) is 0 Å². The van der Waals surface area contributed by atoms with Crippen LogP contribution in [0.4, 0.5) is 0 Å². The molecular weight excluding hydrogens is 224 g/mol. The summed E-state index contributed by atoms with van der Waals surface area (Å²) in [5, 5.41) is 0. The molecule has 2 rings (SSSR count). The molecule has 1 aliphatic heterocycles. The van der Waals surface area contributed by atoms with Crippen LogP contribution in [0.2, 0.25) is 0 Å². The van der Waals surface area contributed by atoms with Crippen LogP contribution in [-0.4, -0.2) is 37.2 Å². The van der Waals surface area contributed by atoms with E-state index in [0.717, 1.165) is 26.1 Å². The molecule has 0 aliphatic carbocycles. The van der Waals surface area contributed by atoms with Crippen LogP contribution in [0.5, 0.6) is 0 Å². The van der Waals surface area contributed by atoms with Crippen molar-refractivity contribution < 1.29 is 4.74 Å². The van der Waals surface area contributed by atoms with Gasteiger partial charge in [-0.3, -0.25) is 4.90 Å². The molecule has 0 bridgehead atoms. The third-order valence-corrected chi connectivity index (χ3v) is 3.64. The van der Waals surface area contributed by atoms with Crippen molar-refractivity contribution in [2.45, 2.75) is 32.4 Å². The maximum Gasteiger partial charge on any atom is 0.0954 e. The van der Waals surface area contributed by atoms with E-state index in [2.05, 4.69) is 43.0 Å². The maximum absolute atomic E-state index is 5.95. The summed E-state index contributed by atoms with van der Waals surface area (Å²) in [6.07, 6.45) is 1.23. The van der Waals surface area contributed by atoms with Crippen molar-refractivity contribution in [2.75, 3.05) is 26.2 Å². The summed E-state index contributed by atoms with van der Waals surface area (Å²) in [6, 6.07) is 9.13. The molecule has 3 heteroatoms. The van der Waals surface area contributed by atoms with E-state index in [1.165, 1.54) is 11.1 Å². The molecular formula is C15H24N2O. The minimum Gasteiger partial charge on any atom is -0.372 e. The summed E-state index contributed by atoms with van der Waals surface area (Å²) in [5.41, 5.74) is 8.47. The molecule has 18 heavy (non-hydrogen) atoms. The lowest BCUT2D eigenvalue weighted by Crippen LogP contribution is -2.39. The van der Waals surface area contributed by atoms with E-state index < -0.39 is 0 Å². The molecule has 3 nitrogen and oxygen atoms in total. The Kier molecular flexibility index (Phi) is 4.75. The van der Waals surface area contributed by atoms with Crippen molar-refractivity contribution >= 4 is 0 Å². The molecule has 1 atom stereocenters. The third kappa shape index (κ3) is 3.10. The molecule has 0 fully saturated rings. The number of benzene rings is 1. The summed E-state index contributed by atoms with van der Waals surface area (Å²) < 4.78 is 5.95. The van der Waals surface area contributed by atoms with Crippen molar-refractivity contribution in [3.8, 4) is 0 Å². The number of fused-ring (bicyclic) bond motifs is 1. The number of nitrogens with two attached hydrogens (primary N) is 1. The smallest absolute Gasteiger partial charge is 0.0954 e. The summed E-state index contributed by atoms with van der Waals surface area (Å²) in [5.74, 6) is 0. The van der Waals surface area contributed by atoms with Crippen LogP contribution in [0.3, 0.4) is 0 Å². The molecule has 2 N–H and O–H groups in total. The Morgan fingerprint density at radius 2 is 2.17 bits per heavy atom. The lowest BCUT2D eigenvalue weighted by Gasteiger charge is -2.33. The van der Waals surface area contributed by atoms with Gasteiger partial charge in [-0.1, -0.05) is 24.3 Å². The largest absolute Gasteiger partial charge is 0.372 e. The molecule has 1 aliphatic rings. The van der Waals surface area contributed by atoms with E-state index in [9.17, 15) is 0 Å². The minimum absolute atomic E-state index is 0.198. The van der Waals surface area contributed by atoms with Crippen LogP contribution < -0.4 is 5.73 Å². The Labute approximate surface area is 110 Å². The highest BCUT2D eigenvalue weighted by Gasteiger charge is 2.23. The molecule has 100 valence electrons. The highest BCUT2D eigenvalue weighted by Crippen LogP contribution is 2.27. The first-order chi connectivity index (χ1) is 8.72. The SMILES string of the molecule is CC(C)N(CCN)CC1OCCc2ccccc21. The molecule has 0 radical (unpaired) electrons. The van der Waals surface area contributed by atoms with Crippen molar-refractivity contribution in [2.24, 2.45) is 5.73 Å². The highest BCUT2D eigenvalue weighted by molar-refractivity contribution is 5.31. The van der Waals surface area contributed by atoms with Gasteiger partial charge in [0.15, 0.2) is 0 Å². The molecule has 0 saturated carbocycles. The minimum atomic E-state index is 0.198. The second kappa shape index (κ2) is 6.32. The summed E-state index contributed by atoms with van der Waals surface area (Å²) in [7, 11) is 0. The zero-order chi connectivity index (χ0) is 13.0. The molecule has 0 amide bonds. The predicted molar refractivity (Wildman–Crippen MR) is 74.6 cm³/mol. The lowest BCUT2D eigenvalue weighted by atomic mass is 9.97. The van der Waals surface area contributed by atoms with Gasteiger partial charge in [-0.2, -0.15) is 0 Å². The summed E-state index contributed by atoms with van der Waals surface area (Å²) in [6.45, 7) is 7.82. The van der Waals surface area contributed by atoms with Gasteiger partial charge in [-0.15, -0.1) is 0 Å². The number of ether oxygens (including phenoxy) is 1. The summed E-state index contributed by atoms with van der Waals surface area (Å²) >= 11 is 0. The maximum atomic E-state index is 5.95. The highest BCUT2D eigenvalue weighted by atomic mass is 16.5. The average molecular weight is 248 g/mol. The van der Waals surface area contributed by atoms with Crippen LogP contribution in [-0.2, 0) is 11.2 Å². The Hall–Kier alpha value is -0.900. The fraction of sp³-hybridized carbons (Fsp3) is 0.600. The van der Waals surface area contributed by atoms with E-state index in [1.807, 2.05) is 0 Å². The number of hydrogen-bond acceptors (Lipinski definition) is 3. The zero-order valence-corrected chi connectivity index (χ0v) is 11.4. The van der Waals surface area contributed by atoms with Crippen LogP contribution in [0, 0.1) is 0 Å². The van der Waals surface area contributed by atoms with E-state index in [1.54, 1.807) is 0 Å². The Balaban J connectivity index is 2.10. The first-order valence-electron chi connectivity index (χ1n) is 6.86. The first-order valence-corrected chi connectivity index (χ1v) is 6.86. The van der Waals surface area contributed by atoms with Gasteiger partial charge in [-0.05, 0) is 31.4 Å². The summed E-state index contributed by atoms with van der Waals surface area (Å²) in [4.78, 5) is 2.40. The number of rotatable bonds is 5. The van der Waals surface area contributed by atoms with Gasteiger partial charge in [0.25, 0.3) is 0 Å². The van der Waals surface area contributed by atoms with Crippen LogP contribution in [0.25, 0.3) is 0 Å².